The molecule has 15 heavy (non-hydrogen) atoms. The molecule has 3 nitrogen and oxygen atoms in total. The van der Waals surface area contributed by atoms with Crippen LogP contribution < -0.4 is 5.73 Å². The number of fused-ring (bicyclic) bond motifs is 1. The maximum Gasteiger partial charge on any atom is 0.129 e. The summed E-state index contributed by atoms with van der Waals surface area (Å²) in [4.78, 5) is 4.62. The highest BCUT2D eigenvalue weighted by atomic mass is 15.1. The van der Waals surface area contributed by atoms with E-state index in [9.17, 15) is 0 Å². The SMILES string of the molecule is Cc1cccc2c1nc(C(C)(C)N)n2C. The monoisotopic (exact) mass is 203 g/mol. The fourth-order valence-corrected chi connectivity index (χ4v) is 1.93. The number of para-hydroxylation sites is 1. The number of nitrogens with two attached hydrogens (primary N) is 1. The second-order valence-electron chi connectivity index (χ2n) is 4.66. The molecule has 2 aromatic rings. The lowest BCUT2D eigenvalue weighted by molar-refractivity contribution is 0.498. The zero-order chi connectivity index (χ0) is 11.2. The summed E-state index contributed by atoms with van der Waals surface area (Å²) in [6.07, 6.45) is 0. The van der Waals surface area contributed by atoms with Gasteiger partial charge in [-0.15, -0.1) is 0 Å². The molecule has 3 heteroatoms. The fraction of sp³-hybridized carbons (Fsp3) is 0.417. The third kappa shape index (κ3) is 1.53. The van der Waals surface area contributed by atoms with Crippen molar-refractivity contribution < 1.29 is 0 Å². The first-order valence-electron chi connectivity index (χ1n) is 5.12. The number of aryl methyl sites for hydroxylation is 2. The molecule has 0 aliphatic carbocycles. The van der Waals surface area contributed by atoms with E-state index in [1.54, 1.807) is 0 Å². The molecular weight excluding hydrogens is 186 g/mol. The van der Waals surface area contributed by atoms with Gasteiger partial charge in [-0.1, -0.05) is 12.1 Å². The topological polar surface area (TPSA) is 43.8 Å². The maximum absolute atomic E-state index is 6.09. The van der Waals surface area contributed by atoms with Gasteiger partial charge in [-0.25, -0.2) is 4.98 Å². The van der Waals surface area contributed by atoms with Crippen molar-refractivity contribution in [1.82, 2.24) is 9.55 Å². The number of benzene rings is 1. The highest BCUT2D eigenvalue weighted by Gasteiger charge is 2.21. The van der Waals surface area contributed by atoms with E-state index in [2.05, 4.69) is 28.6 Å². The number of rotatable bonds is 1. The molecule has 0 saturated carbocycles. The van der Waals surface area contributed by atoms with Gasteiger partial charge in [0.25, 0.3) is 0 Å². The molecule has 0 amide bonds. The Kier molecular flexibility index (Phi) is 2.08. The van der Waals surface area contributed by atoms with E-state index in [0.29, 0.717) is 0 Å². The van der Waals surface area contributed by atoms with Crippen LogP contribution in [0.15, 0.2) is 18.2 Å². The molecule has 0 atom stereocenters. The van der Waals surface area contributed by atoms with Crippen LogP contribution in [0.3, 0.4) is 0 Å². The van der Waals surface area contributed by atoms with Crippen LogP contribution in [-0.2, 0) is 12.6 Å². The van der Waals surface area contributed by atoms with E-state index >= 15 is 0 Å². The Morgan fingerprint density at radius 1 is 1.33 bits per heavy atom. The summed E-state index contributed by atoms with van der Waals surface area (Å²) >= 11 is 0. The Morgan fingerprint density at radius 3 is 2.53 bits per heavy atom. The summed E-state index contributed by atoms with van der Waals surface area (Å²) in [7, 11) is 2.01. The fourth-order valence-electron chi connectivity index (χ4n) is 1.93. The Labute approximate surface area is 89.9 Å². The Hall–Kier alpha value is -1.35. The van der Waals surface area contributed by atoms with Gasteiger partial charge in [0.1, 0.15) is 5.82 Å². The van der Waals surface area contributed by atoms with Crippen LogP contribution in [0.4, 0.5) is 0 Å². The summed E-state index contributed by atoms with van der Waals surface area (Å²) in [5, 5.41) is 0. The zero-order valence-electron chi connectivity index (χ0n) is 9.70. The van der Waals surface area contributed by atoms with Crippen molar-refractivity contribution >= 4 is 11.0 Å². The van der Waals surface area contributed by atoms with Crippen molar-refractivity contribution in [3.8, 4) is 0 Å². The van der Waals surface area contributed by atoms with Crippen molar-refractivity contribution in [3.05, 3.63) is 29.6 Å². The average molecular weight is 203 g/mol. The molecule has 2 rings (SSSR count). The standard InChI is InChI=1S/C12H17N3/c1-8-6-5-7-9-10(8)14-11(15(9)4)12(2,3)13/h5-7H,13H2,1-4H3. The number of nitrogens with zero attached hydrogens (tertiary/aromatic N) is 2. The van der Waals surface area contributed by atoms with E-state index in [1.165, 1.54) is 5.56 Å². The lowest BCUT2D eigenvalue weighted by Gasteiger charge is -2.17. The summed E-state index contributed by atoms with van der Waals surface area (Å²) in [6.45, 7) is 6.02. The van der Waals surface area contributed by atoms with Crippen molar-refractivity contribution in [2.45, 2.75) is 26.3 Å². The first kappa shape index (κ1) is 10.2. The minimum Gasteiger partial charge on any atom is -0.330 e. The summed E-state index contributed by atoms with van der Waals surface area (Å²) < 4.78 is 2.07. The van der Waals surface area contributed by atoms with E-state index in [4.69, 9.17) is 5.73 Å². The van der Waals surface area contributed by atoms with E-state index < -0.39 is 5.54 Å². The predicted octanol–water partition coefficient (Wildman–Crippen LogP) is 2.08. The lowest BCUT2D eigenvalue weighted by Crippen LogP contribution is -2.32. The van der Waals surface area contributed by atoms with Crippen LogP contribution in [0.2, 0.25) is 0 Å². The van der Waals surface area contributed by atoms with Gasteiger partial charge in [-0.05, 0) is 32.4 Å². The smallest absolute Gasteiger partial charge is 0.129 e. The Bertz CT molecular complexity index is 503. The van der Waals surface area contributed by atoms with Crippen molar-refractivity contribution in [1.29, 1.82) is 0 Å². The van der Waals surface area contributed by atoms with Crippen LogP contribution in [0.5, 0.6) is 0 Å². The van der Waals surface area contributed by atoms with Crippen LogP contribution in [0.1, 0.15) is 25.2 Å². The number of hydrogen-bond donors (Lipinski definition) is 1. The van der Waals surface area contributed by atoms with Gasteiger partial charge >= 0.3 is 0 Å². The van der Waals surface area contributed by atoms with Crippen LogP contribution in [-0.4, -0.2) is 9.55 Å². The summed E-state index contributed by atoms with van der Waals surface area (Å²) in [6, 6.07) is 6.19. The second-order valence-corrected chi connectivity index (χ2v) is 4.66. The minimum atomic E-state index is -0.403. The average Bonchev–Trinajstić information content (AvgIpc) is 2.45. The molecule has 0 aliphatic rings. The highest BCUT2D eigenvalue weighted by molar-refractivity contribution is 5.79. The normalized spacial score (nSPS) is 12.3. The highest BCUT2D eigenvalue weighted by Crippen LogP contribution is 2.23. The van der Waals surface area contributed by atoms with E-state index in [-0.39, 0.29) is 0 Å². The van der Waals surface area contributed by atoms with Crippen LogP contribution in [0.25, 0.3) is 11.0 Å². The molecule has 0 fully saturated rings. The maximum atomic E-state index is 6.09. The van der Waals surface area contributed by atoms with E-state index in [1.807, 2.05) is 27.0 Å². The first-order valence-corrected chi connectivity index (χ1v) is 5.12. The van der Waals surface area contributed by atoms with Crippen molar-refractivity contribution in [3.63, 3.8) is 0 Å². The lowest BCUT2D eigenvalue weighted by atomic mass is 10.1. The van der Waals surface area contributed by atoms with Crippen molar-refractivity contribution in [2.75, 3.05) is 0 Å². The molecule has 1 aromatic heterocycles. The number of imidazole rings is 1. The molecule has 2 N–H and O–H groups in total. The Morgan fingerprint density at radius 2 is 2.00 bits per heavy atom. The Balaban J connectivity index is 2.81. The molecular formula is C12H17N3. The summed E-state index contributed by atoms with van der Waals surface area (Å²) in [5.41, 5.74) is 9.07. The van der Waals surface area contributed by atoms with Crippen LogP contribution in [0, 0.1) is 6.92 Å². The van der Waals surface area contributed by atoms with E-state index in [0.717, 1.165) is 16.9 Å². The molecule has 0 radical (unpaired) electrons. The van der Waals surface area contributed by atoms with Gasteiger partial charge in [0.05, 0.1) is 16.6 Å². The quantitative estimate of drug-likeness (QED) is 0.771. The number of aromatic nitrogens is 2. The third-order valence-electron chi connectivity index (χ3n) is 2.69. The third-order valence-corrected chi connectivity index (χ3v) is 2.69. The molecule has 1 heterocycles. The van der Waals surface area contributed by atoms with Gasteiger partial charge in [0, 0.05) is 7.05 Å². The summed E-state index contributed by atoms with van der Waals surface area (Å²) in [5.74, 6) is 0.923. The predicted molar refractivity (Wildman–Crippen MR) is 62.7 cm³/mol. The molecule has 0 saturated heterocycles. The van der Waals surface area contributed by atoms with Gasteiger partial charge in [0.2, 0.25) is 0 Å². The largest absolute Gasteiger partial charge is 0.330 e. The minimum absolute atomic E-state index is 0.403. The van der Waals surface area contributed by atoms with Crippen molar-refractivity contribution in [2.24, 2.45) is 12.8 Å². The molecule has 1 aromatic carbocycles. The molecule has 0 spiro atoms. The van der Waals surface area contributed by atoms with Gasteiger partial charge in [-0.2, -0.15) is 0 Å². The number of hydrogen-bond acceptors (Lipinski definition) is 2. The first-order chi connectivity index (χ1) is 6.91. The van der Waals surface area contributed by atoms with Crippen LogP contribution >= 0.6 is 0 Å². The van der Waals surface area contributed by atoms with Gasteiger partial charge < -0.3 is 10.3 Å². The van der Waals surface area contributed by atoms with Gasteiger partial charge in [0.15, 0.2) is 0 Å². The molecule has 0 aliphatic heterocycles. The molecule has 80 valence electrons. The van der Waals surface area contributed by atoms with Gasteiger partial charge in [-0.3, -0.25) is 0 Å². The second kappa shape index (κ2) is 3.07. The molecule has 0 bridgehead atoms. The zero-order valence-corrected chi connectivity index (χ0v) is 9.70. The molecule has 0 unspecified atom stereocenters.